The maximum atomic E-state index is 10.2. The van der Waals surface area contributed by atoms with Gasteiger partial charge in [0.15, 0.2) is 0 Å². The Morgan fingerprint density at radius 1 is 0.319 bits per heavy atom. The Bertz CT molecular complexity index is 4440. The van der Waals surface area contributed by atoms with Crippen LogP contribution in [0, 0.1) is 0 Å². The molecule has 0 unspecified atom stereocenters. The number of hydrogen-bond donors (Lipinski definition) is 0. The van der Waals surface area contributed by atoms with Gasteiger partial charge in [-0.15, -0.1) is 0 Å². The Kier molecular flexibility index (Phi) is 2.31. The van der Waals surface area contributed by atoms with E-state index in [2.05, 4.69) is 0 Å². The maximum Gasteiger partial charge on any atom is 0.136 e. The Morgan fingerprint density at radius 3 is 1.77 bits per heavy atom. The fourth-order valence-corrected chi connectivity index (χ4v) is 5.67. The van der Waals surface area contributed by atoms with Gasteiger partial charge in [-0.05, 0) is 107 Å². The van der Waals surface area contributed by atoms with E-state index < -0.39 is 268 Å². The highest BCUT2D eigenvalue weighted by Crippen LogP contribution is 2.47. The van der Waals surface area contributed by atoms with E-state index in [1.165, 1.54) is 0 Å². The summed E-state index contributed by atoms with van der Waals surface area (Å²) in [4.78, 5) is 0. The van der Waals surface area contributed by atoms with Gasteiger partial charge in [-0.2, -0.15) is 0 Å². The summed E-state index contributed by atoms with van der Waals surface area (Å²) in [7, 11) is 0. The third-order valence-electron chi connectivity index (χ3n) is 7.70. The minimum atomic E-state index is -1.11. The average molecular weight is 625 g/mol. The lowest BCUT2D eigenvalue weighted by Gasteiger charge is -2.20. The summed E-state index contributed by atoms with van der Waals surface area (Å²) in [6.07, 6.45) is 0. The molecule has 47 heavy (non-hydrogen) atoms. The molecule has 0 aliphatic heterocycles. The van der Waals surface area contributed by atoms with E-state index in [4.69, 9.17) is 26.3 Å². The lowest BCUT2D eigenvalue weighted by molar-refractivity contribution is 0.669. The zero-order valence-electron chi connectivity index (χ0n) is 51.4. The minimum absolute atomic E-state index is 0.413. The van der Waals surface area contributed by atoms with Gasteiger partial charge in [-0.1, -0.05) is 139 Å². The Labute approximate surface area is 311 Å². The van der Waals surface area contributed by atoms with Gasteiger partial charge < -0.3 is 4.42 Å². The zero-order chi connectivity index (χ0) is 55.3. The van der Waals surface area contributed by atoms with Crippen LogP contribution in [-0.2, 0) is 0 Å². The highest BCUT2D eigenvalue weighted by atomic mass is 16.3. The molecule has 1 heterocycles. The molecule has 10 rings (SSSR count). The first kappa shape index (κ1) is 10.7. The van der Waals surface area contributed by atoms with Gasteiger partial charge in [0, 0.05) is 10.8 Å². The molecular formula is C46H28O. The van der Waals surface area contributed by atoms with Crippen LogP contribution < -0.4 is 0 Å². The second-order valence-electron chi connectivity index (χ2n) is 10.3. The monoisotopic (exact) mass is 624 g/mol. The number of hydrogen-bond acceptors (Lipinski definition) is 1. The van der Waals surface area contributed by atoms with Gasteiger partial charge >= 0.3 is 0 Å². The van der Waals surface area contributed by atoms with Crippen molar-refractivity contribution >= 4 is 65.0 Å². The van der Waals surface area contributed by atoms with Crippen molar-refractivity contribution < 1.29 is 42.8 Å². The van der Waals surface area contributed by atoms with Crippen LogP contribution in [0.25, 0.3) is 98.4 Å². The molecule has 0 saturated carbocycles. The van der Waals surface area contributed by atoms with Crippen LogP contribution in [0.15, 0.2) is 174 Å². The summed E-state index contributed by atoms with van der Waals surface area (Å²) in [5.74, 6) is 0. The predicted molar refractivity (Wildman–Crippen MR) is 200 cm³/mol. The number of rotatable bonds is 3. The molecular weight excluding hydrogens is 569 g/mol. The van der Waals surface area contributed by atoms with Crippen LogP contribution in [0.4, 0.5) is 0 Å². The standard InChI is InChI=1S/C46H28O/c1-2-12-31-26-32(21-20-29(31)10-1)33-22-25-41-42(27-33)46(38-18-9-13-30-11-3-4-14-35(30)38)40-17-6-5-16-39(40)45(41)34-23-24-37-36-15-7-8-19-43(36)47-44(37)28-34/h1-28H/i1D,2D,3D,4D,5D,6D,7D,8D,9D,10D,11D,12D,13D,14D,15D,16D,17D,18D,19D,20D,21D,22D,23D,24D,25D,26D,27D,28D. The molecule has 0 aliphatic carbocycles. The molecule has 0 fully saturated rings. The smallest absolute Gasteiger partial charge is 0.136 e. The molecule has 0 amide bonds. The highest BCUT2D eigenvalue weighted by Gasteiger charge is 2.20. The van der Waals surface area contributed by atoms with Crippen molar-refractivity contribution in [3.63, 3.8) is 0 Å². The molecule has 0 radical (unpaired) electrons. The summed E-state index contributed by atoms with van der Waals surface area (Å²) >= 11 is 0. The SMILES string of the molecule is [2H]c1c([2H])c([2H])c2c(oc3c([2H])c(-c4c5c([2H])c([2H])c([2H])c([2H])c5c(-c5c([2H])c([2H])c([2H])c6c([2H])c([2H])c([2H])c([2H])c56)c5c([2H])c(-c6c([2H])c([2H])c7c([2H])c([2H])c([2H])c([2H])c7c6[2H])c([2H])c([2H])c45)c([2H])c([2H])c32)c1[2H]. The van der Waals surface area contributed by atoms with Crippen LogP contribution in [-0.4, -0.2) is 0 Å². The molecule has 10 aromatic rings. The predicted octanol–water partition coefficient (Wildman–Crippen LogP) is 13.2. The first-order valence-corrected chi connectivity index (χ1v) is 13.9. The first-order valence-electron chi connectivity index (χ1n) is 27.9. The molecule has 1 heteroatoms. The lowest BCUT2D eigenvalue weighted by Crippen LogP contribution is -1.92. The first-order chi connectivity index (χ1) is 35.0. The van der Waals surface area contributed by atoms with Gasteiger partial charge in [0.05, 0.1) is 38.4 Å². The average Bonchev–Trinajstić information content (AvgIpc) is 3.84. The minimum Gasteiger partial charge on any atom is -0.456 e. The van der Waals surface area contributed by atoms with Crippen LogP contribution >= 0.6 is 0 Å². The number of para-hydroxylation sites is 1. The van der Waals surface area contributed by atoms with E-state index in [1.54, 1.807) is 0 Å². The molecule has 0 aliphatic rings. The summed E-state index contributed by atoms with van der Waals surface area (Å²) in [6.45, 7) is 0. The summed E-state index contributed by atoms with van der Waals surface area (Å²) in [5, 5.41) is -6.75. The van der Waals surface area contributed by atoms with Gasteiger partial charge in [-0.25, -0.2) is 0 Å². The van der Waals surface area contributed by atoms with Crippen LogP contribution in [0.5, 0.6) is 0 Å². The van der Waals surface area contributed by atoms with E-state index in [0.29, 0.717) is 0 Å². The second-order valence-corrected chi connectivity index (χ2v) is 10.3. The van der Waals surface area contributed by atoms with Crippen molar-refractivity contribution in [3.05, 3.63) is 169 Å². The molecule has 0 N–H and O–H groups in total. The van der Waals surface area contributed by atoms with E-state index in [1.807, 2.05) is 0 Å². The maximum absolute atomic E-state index is 10.2. The number of benzene rings is 9. The van der Waals surface area contributed by atoms with E-state index in [9.17, 15) is 16.4 Å². The molecule has 1 aromatic heterocycles. The van der Waals surface area contributed by atoms with Crippen LogP contribution in [0.3, 0.4) is 0 Å². The third kappa shape index (κ3) is 4.03. The summed E-state index contributed by atoms with van der Waals surface area (Å²) < 4.78 is 259. The Hall–Kier alpha value is -6.18. The Morgan fingerprint density at radius 2 is 0.894 bits per heavy atom. The highest BCUT2D eigenvalue weighted by molar-refractivity contribution is 6.24. The van der Waals surface area contributed by atoms with E-state index in [0.717, 1.165) is 0 Å². The molecule has 0 bridgehead atoms. The van der Waals surface area contributed by atoms with Crippen molar-refractivity contribution in [1.29, 1.82) is 0 Å². The largest absolute Gasteiger partial charge is 0.456 e. The molecule has 0 saturated heterocycles. The van der Waals surface area contributed by atoms with Gasteiger partial charge in [0.2, 0.25) is 0 Å². The lowest BCUT2D eigenvalue weighted by atomic mass is 9.83. The molecule has 9 aromatic carbocycles. The van der Waals surface area contributed by atoms with Gasteiger partial charge in [0.1, 0.15) is 11.2 Å². The molecule has 1 nitrogen and oxygen atoms in total. The van der Waals surface area contributed by atoms with Crippen molar-refractivity contribution in [3.8, 4) is 33.4 Å². The number of fused-ring (bicyclic) bond motifs is 7. The van der Waals surface area contributed by atoms with Gasteiger partial charge in [0.25, 0.3) is 0 Å². The number of furan rings is 1. The normalized spacial score (nSPS) is 20.2. The summed E-state index contributed by atoms with van der Waals surface area (Å²) in [6, 6.07) is -26.2. The molecule has 0 spiro atoms. The molecule has 0 atom stereocenters. The Balaban J connectivity index is 1.59. The van der Waals surface area contributed by atoms with Crippen molar-refractivity contribution in [2.75, 3.05) is 0 Å². The summed E-state index contributed by atoms with van der Waals surface area (Å²) in [5.41, 5.74) is -6.17. The van der Waals surface area contributed by atoms with E-state index >= 15 is 0 Å². The van der Waals surface area contributed by atoms with E-state index in [-0.39, 0.29) is 0 Å². The topological polar surface area (TPSA) is 13.1 Å². The van der Waals surface area contributed by atoms with Crippen molar-refractivity contribution in [2.24, 2.45) is 0 Å². The fraction of sp³-hybridized carbons (Fsp3) is 0. The fourth-order valence-electron chi connectivity index (χ4n) is 5.67. The van der Waals surface area contributed by atoms with Crippen molar-refractivity contribution in [1.82, 2.24) is 0 Å². The second kappa shape index (κ2) is 10.2. The van der Waals surface area contributed by atoms with Crippen molar-refractivity contribution in [2.45, 2.75) is 0 Å². The zero-order valence-corrected chi connectivity index (χ0v) is 23.4. The quantitative estimate of drug-likeness (QED) is 0.178. The van der Waals surface area contributed by atoms with Crippen LogP contribution in [0.1, 0.15) is 38.4 Å². The van der Waals surface area contributed by atoms with Crippen LogP contribution in [0.2, 0.25) is 0 Å². The third-order valence-corrected chi connectivity index (χ3v) is 7.70. The molecule has 218 valence electrons. The van der Waals surface area contributed by atoms with Gasteiger partial charge in [-0.3, -0.25) is 0 Å².